The molecule has 32 heavy (non-hydrogen) atoms. The zero-order valence-corrected chi connectivity index (χ0v) is 18.2. The zero-order chi connectivity index (χ0) is 22.1. The predicted octanol–water partition coefficient (Wildman–Crippen LogP) is 4.26. The maximum atomic E-state index is 13.1. The Hall–Kier alpha value is -3.54. The van der Waals surface area contributed by atoms with Gasteiger partial charge in [-0.1, -0.05) is 49.2 Å². The van der Waals surface area contributed by atoms with Crippen LogP contribution in [0.25, 0.3) is 21.8 Å². The van der Waals surface area contributed by atoms with Crippen LogP contribution in [0, 0.1) is 5.92 Å². The van der Waals surface area contributed by atoms with E-state index in [4.69, 9.17) is 0 Å². The first-order chi connectivity index (χ1) is 15.6. The van der Waals surface area contributed by atoms with Gasteiger partial charge >= 0.3 is 0 Å². The van der Waals surface area contributed by atoms with Crippen LogP contribution in [-0.2, 0) is 18.4 Å². The third-order valence-corrected chi connectivity index (χ3v) is 6.64. The number of nitrogens with zero attached hydrogens (tertiary/aromatic N) is 1. The zero-order valence-electron chi connectivity index (χ0n) is 18.2. The van der Waals surface area contributed by atoms with Crippen LogP contribution in [-0.4, -0.2) is 27.4 Å². The van der Waals surface area contributed by atoms with Crippen molar-refractivity contribution >= 4 is 33.6 Å². The maximum absolute atomic E-state index is 13.1. The smallest absolute Gasteiger partial charge is 0.268 e. The third kappa shape index (κ3) is 3.88. The minimum Gasteiger partial charge on any atom is -0.357 e. The van der Waals surface area contributed by atoms with E-state index in [1.165, 1.54) is 0 Å². The van der Waals surface area contributed by atoms with E-state index in [9.17, 15) is 9.59 Å². The van der Waals surface area contributed by atoms with Gasteiger partial charge in [-0.15, -0.1) is 0 Å². The van der Waals surface area contributed by atoms with Crippen molar-refractivity contribution in [1.82, 2.24) is 20.2 Å². The van der Waals surface area contributed by atoms with Gasteiger partial charge in [0.15, 0.2) is 0 Å². The highest BCUT2D eigenvalue weighted by Gasteiger charge is 2.32. The molecule has 6 nitrogen and oxygen atoms in total. The topological polar surface area (TPSA) is 78.9 Å². The Morgan fingerprint density at radius 1 is 1.00 bits per heavy atom. The molecule has 164 valence electrons. The van der Waals surface area contributed by atoms with Gasteiger partial charge in [0.2, 0.25) is 5.91 Å². The minimum absolute atomic E-state index is 0.00528. The van der Waals surface area contributed by atoms with E-state index >= 15 is 0 Å². The molecule has 1 aliphatic rings. The van der Waals surface area contributed by atoms with Crippen molar-refractivity contribution in [3.05, 3.63) is 72.1 Å². The number of aromatic amines is 1. The summed E-state index contributed by atoms with van der Waals surface area (Å²) in [6.45, 7) is 0.452. The first kappa shape index (κ1) is 20.4. The Labute approximate surface area is 187 Å². The second-order valence-corrected chi connectivity index (χ2v) is 8.72. The Bertz CT molecular complexity index is 1250. The highest BCUT2D eigenvalue weighted by atomic mass is 16.2. The molecule has 0 unspecified atom stereocenters. The molecule has 0 bridgehead atoms. The first-order valence-electron chi connectivity index (χ1n) is 11.3. The number of aromatic nitrogens is 2. The van der Waals surface area contributed by atoms with Crippen LogP contribution in [0.4, 0.5) is 0 Å². The van der Waals surface area contributed by atoms with Crippen molar-refractivity contribution < 1.29 is 9.59 Å². The molecule has 2 aromatic heterocycles. The summed E-state index contributed by atoms with van der Waals surface area (Å²) in [5, 5.41) is 8.41. The van der Waals surface area contributed by atoms with Gasteiger partial charge in [0.05, 0.1) is 12.5 Å². The van der Waals surface area contributed by atoms with E-state index in [-0.39, 0.29) is 23.8 Å². The molecule has 2 aromatic carbocycles. The molecular weight excluding hydrogens is 400 g/mol. The van der Waals surface area contributed by atoms with E-state index in [1.54, 1.807) is 0 Å². The Morgan fingerprint density at radius 3 is 2.56 bits per heavy atom. The lowest BCUT2D eigenvalue weighted by Crippen LogP contribution is -2.48. The van der Waals surface area contributed by atoms with Crippen molar-refractivity contribution in [1.29, 1.82) is 0 Å². The average molecular weight is 429 g/mol. The molecule has 0 aliphatic heterocycles. The molecule has 0 radical (unpaired) electrons. The van der Waals surface area contributed by atoms with Crippen LogP contribution < -0.4 is 10.6 Å². The van der Waals surface area contributed by atoms with E-state index in [2.05, 4.69) is 27.8 Å². The van der Waals surface area contributed by atoms with E-state index in [1.807, 2.05) is 60.1 Å². The molecule has 4 aromatic rings. The minimum atomic E-state index is -0.216. The maximum Gasteiger partial charge on any atom is 0.268 e. The lowest BCUT2D eigenvalue weighted by atomic mass is 9.83. The highest BCUT2D eigenvalue weighted by Crippen LogP contribution is 2.26. The fourth-order valence-corrected chi connectivity index (χ4v) is 4.91. The molecule has 2 heterocycles. The summed E-state index contributed by atoms with van der Waals surface area (Å²) in [5.41, 5.74) is 3.68. The number of rotatable bonds is 5. The largest absolute Gasteiger partial charge is 0.357 e. The van der Waals surface area contributed by atoms with E-state index in [0.717, 1.165) is 53.2 Å². The molecule has 0 spiro atoms. The Morgan fingerprint density at radius 2 is 1.75 bits per heavy atom. The summed E-state index contributed by atoms with van der Waals surface area (Å²) >= 11 is 0. The number of para-hydroxylation sites is 2. The fourth-order valence-electron chi connectivity index (χ4n) is 4.91. The molecule has 2 atom stereocenters. The standard InChI is InChI=1S/C26H28N4O2/c1-30-23-13-7-3-9-18(23)15-24(30)26(32)29-22-12-6-4-10-20(22)25(31)27-16-19-14-17-8-2-5-11-21(17)28-19/h2-3,5,7-9,11,13-15,20,22,28H,4,6,10,12,16H2,1H3,(H,27,31)(H,29,32)/t20-,22+/m1/s1. The van der Waals surface area contributed by atoms with Gasteiger partial charge < -0.3 is 20.2 Å². The number of aryl methyl sites for hydroxylation is 1. The summed E-state index contributed by atoms with van der Waals surface area (Å²) in [7, 11) is 1.91. The first-order valence-corrected chi connectivity index (χ1v) is 11.3. The number of hydrogen-bond donors (Lipinski definition) is 3. The number of benzene rings is 2. The average Bonchev–Trinajstić information content (AvgIpc) is 3.39. The predicted molar refractivity (Wildman–Crippen MR) is 126 cm³/mol. The lowest BCUT2D eigenvalue weighted by Gasteiger charge is -2.31. The molecule has 0 saturated heterocycles. The second kappa shape index (κ2) is 8.54. The normalized spacial score (nSPS) is 18.7. The molecular formula is C26H28N4O2. The number of amides is 2. The van der Waals surface area contributed by atoms with Gasteiger partial charge in [-0.25, -0.2) is 0 Å². The fraction of sp³-hybridized carbons (Fsp3) is 0.308. The van der Waals surface area contributed by atoms with E-state index < -0.39 is 0 Å². The van der Waals surface area contributed by atoms with Gasteiger partial charge in [-0.3, -0.25) is 9.59 Å². The van der Waals surface area contributed by atoms with E-state index in [0.29, 0.717) is 12.2 Å². The summed E-state index contributed by atoms with van der Waals surface area (Å²) < 4.78 is 1.92. The summed E-state index contributed by atoms with van der Waals surface area (Å²) in [4.78, 5) is 29.5. The van der Waals surface area contributed by atoms with Crippen LogP contribution in [0.2, 0.25) is 0 Å². The molecule has 2 amide bonds. The molecule has 1 saturated carbocycles. The van der Waals surface area contributed by atoms with Crippen molar-refractivity contribution in [2.45, 2.75) is 38.3 Å². The van der Waals surface area contributed by atoms with Gasteiger partial charge in [-0.05, 0) is 42.5 Å². The van der Waals surface area contributed by atoms with Crippen LogP contribution in [0.3, 0.4) is 0 Å². The highest BCUT2D eigenvalue weighted by molar-refractivity contribution is 5.99. The molecule has 3 N–H and O–H groups in total. The number of carbonyl (C=O) groups excluding carboxylic acids is 2. The van der Waals surface area contributed by atoms with Gasteiger partial charge in [0, 0.05) is 35.2 Å². The van der Waals surface area contributed by atoms with Crippen molar-refractivity contribution in [3.8, 4) is 0 Å². The Balaban J connectivity index is 1.27. The number of carbonyl (C=O) groups is 2. The summed E-state index contributed by atoms with van der Waals surface area (Å²) in [6.07, 6.45) is 3.63. The molecule has 1 aliphatic carbocycles. The summed E-state index contributed by atoms with van der Waals surface area (Å²) in [5.74, 6) is -0.332. The number of fused-ring (bicyclic) bond motifs is 2. The van der Waals surface area contributed by atoms with Gasteiger partial charge in [0.25, 0.3) is 5.91 Å². The van der Waals surface area contributed by atoms with Crippen LogP contribution in [0.1, 0.15) is 41.9 Å². The van der Waals surface area contributed by atoms with Crippen molar-refractivity contribution in [2.75, 3.05) is 0 Å². The SMILES string of the molecule is Cn1c(C(=O)N[C@H]2CCCC[C@H]2C(=O)NCc2cc3ccccc3[nH]2)cc2ccccc21. The number of hydrogen-bond acceptors (Lipinski definition) is 2. The monoisotopic (exact) mass is 428 g/mol. The summed E-state index contributed by atoms with van der Waals surface area (Å²) in [6, 6.07) is 19.9. The van der Waals surface area contributed by atoms with Crippen LogP contribution in [0.15, 0.2) is 60.7 Å². The van der Waals surface area contributed by atoms with Crippen molar-refractivity contribution in [2.24, 2.45) is 13.0 Å². The number of nitrogens with one attached hydrogen (secondary N) is 3. The molecule has 5 rings (SSSR count). The second-order valence-electron chi connectivity index (χ2n) is 8.72. The van der Waals surface area contributed by atoms with Crippen LogP contribution >= 0.6 is 0 Å². The van der Waals surface area contributed by atoms with Crippen LogP contribution in [0.5, 0.6) is 0 Å². The third-order valence-electron chi connectivity index (χ3n) is 6.64. The molecule has 1 fully saturated rings. The Kier molecular flexibility index (Phi) is 5.43. The number of H-pyrrole nitrogens is 1. The molecule has 6 heteroatoms. The van der Waals surface area contributed by atoms with Crippen molar-refractivity contribution in [3.63, 3.8) is 0 Å². The lowest BCUT2D eigenvalue weighted by molar-refractivity contribution is -0.126. The van der Waals surface area contributed by atoms with Gasteiger partial charge in [0.1, 0.15) is 5.69 Å². The van der Waals surface area contributed by atoms with Gasteiger partial charge in [-0.2, -0.15) is 0 Å². The quantitative estimate of drug-likeness (QED) is 0.444.